The number of hydrogen-bond donors (Lipinski definition) is 2. The highest BCUT2D eigenvalue weighted by Gasteiger charge is 2.40. The third-order valence-electron chi connectivity index (χ3n) is 7.38. The number of nitrogens with zero attached hydrogens (tertiary/aromatic N) is 4. The molecule has 0 spiro atoms. The van der Waals surface area contributed by atoms with Gasteiger partial charge in [-0.25, -0.2) is 14.8 Å². The zero-order valence-corrected chi connectivity index (χ0v) is 24.2. The molecule has 1 saturated carbocycles. The smallest absolute Gasteiger partial charge is 0.410 e. The van der Waals surface area contributed by atoms with Gasteiger partial charge < -0.3 is 25.0 Å². The van der Waals surface area contributed by atoms with Crippen molar-refractivity contribution in [2.24, 2.45) is 0 Å². The Hall–Kier alpha value is -4.31. The van der Waals surface area contributed by atoms with E-state index in [0.29, 0.717) is 48.6 Å². The Morgan fingerprint density at radius 2 is 1.50 bits per heavy atom. The minimum Gasteiger partial charge on any atom is -0.444 e. The van der Waals surface area contributed by atoms with Crippen LogP contribution in [-0.4, -0.2) is 73.6 Å². The fourth-order valence-corrected chi connectivity index (χ4v) is 5.04. The van der Waals surface area contributed by atoms with Gasteiger partial charge in [-0.3, -0.25) is 9.59 Å². The highest BCUT2D eigenvalue weighted by atomic mass is 16.6. The average Bonchev–Trinajstić information content (AvgIpc) is 3.82. The van der Waals surface area contributed by atoms with Gasteiger partial charge in [-0.05, 0) is 76.3 Å². The van der Waals surface area contributed by atoms with Gasteiger partial charge in [0.15, 0.2) is 5.82 Å². The van der Waals surface area contributed by atoms with E-state index in [1.54, 1.807) is 65.8 Å². The van der Waals surface area contributed by atoms with Crippen LogP contribution >= 0.6 is 0 Å². The highest BCUT2D eigenvalue weighted by molar-refractivity contribution is 6.04. The second-order valence-electron chi connectivity index (χ2n) is 11.8. The quantitative estimate of drug-likeness (QED) is 0.414. The summed E-state index contributed by atoms with van der Waals surface area (Å²) in [5, 5.41) is 12.0. The van der Waals surface area contributed by atoms with Crippen molar-refractivity contribution in [2.75, 3.05) is 18.4 Å². The fraction of sp³-hybridized carbons (Fsp3) is 0.406. The first-order chi connectivity index (χ1) is 20.1. The van der Waals surface area contributed by atoms with Crippen molar-refractivity contribution in [1.82, 2.24) is 19.8 Å². The van der Waals surface area contributed by atoms with Gasteiger partial charge in [0.05, 0.1) is 12.2 Å². The Bertz CT molecular complexity index is 1410. The minimum absolute atomic E-state index is 0.0506. The van der Waals surface area contributed by atoms with Gasteiger partial charge in [0.25, 0.3) is 11.8 Å². The third kappa shape index (κ3) is 7.12. The van der Waals surface area contributed by atoms with Gasteiger partial charge in [0, 0.05) is 54.4 Å². The lowest BCUT2D eigenvalue weighted by Crippen LogP contribution is -2.50. The van der Waals surface area contributed by atoms with E-state index in [0.717, 1.165) is 24.0 Å². The van der Waals surface area contributed by atoms with E-state index in [2.05, 4.69) is 15.3 Å². The number of hydrogen-bond acceptors (Lipinski definition) is 7. The molecule has 10 heteroatoms. The summed E-state index contributed by atoms with van der Waals surface area (Å²) in [5.41, 5.74) is 2.51. The van der Waals surface area contributed by atoms with Gasteiger partial charge in [-0.1, -0.05) is 24.3 Å². The first-order valence-electron chi connectivity index (χ1n) is 14.4. The number of piperidine rings is 1. The third-order valence-corrected chi connectivity index (χ3v) is 7.38. The molecule has 2 aromatic carbocycles. The lowest BCUT2D eigenvalue weighted by atomic mass is 10.0. The number of likely N-dealkylation sites (tertiary alicyclic amines) is 1. The molecule has 10 nitrogen and oxygen atoms in total. The Labute approximate surface area is 245 Å². The first-order valence-corrected chi connectivity index (χ1v) is 14.4. The molecule has 5 rings (SSSR count). The van der Waals surface area contributed by atoms with Crippen molar-refractivity contribution in [3.63, 3.8) is 0 Å². The average molecular weight is 572 g/mol. The van der Waals surface area contributed by atoms with Crippen molar-refractivity contribution in [2.45, 2.75) is 70.7 Å². The molecule has 2 N–H and O–H groups in total. The monoisotopic (exact) mass is 571 g/mol. The van der Waals surface area contributed by atoms with Crippen LogP contribution in [0.2, 0.25) is 0 Å². The maximum Gasteiger partial charge on any atom is 0.410 e. The number of ether oxygens (including phenoxy) is 1. The van der Waals surface area contributed by atoms with Crippen LogP contribution in [0.3, 0.4) is 0 Å². The summed E-state index contributed by atoms with van der Waals surface area (Å²) >= 11 is 0. The number of anilines is 1. The number of carbonyl (C=O) groups is 3. The lowest BCUT2D eigenvalue weighted by Gasteiger charge is -2.39. The number of amides is 3. The Kier molecular flexibility index (Phi) is 8.54. The molecule has 2 heterocycles. The molecule has 1 aromatic heterocycles. The standard InChI is InChI=1S/C32H37N5O5/c1-32(2,3)42-31(41)36-16-14-27(15-17-36)37(26-12-13-26)30(40)24-18-33-28(34-19-24)22-6-8-23(9-7-22)29(39)35-25-10-4-21(20-38)5-11-25/h4-11,18-19,26-27,38H,12-17,20H2,1-3H3,(H,35,39). The van der Waals surface area contributed by atoms with Crippen LogP contribution < -0.4 is 5.32 Å². The molecule has 1 aliphatic carbocycles. The van der Waals surface area contributed by atoms with Gasteiger partial charge in [-0.2, -0.15) is 0 Å². The van der Waals surface area contributed by atoms with Gasteiger partial charge in [0.1, 0.15) is 5.60 Å². The summed E-state index contributed by atoms with van der Waals surface area (Å²) in [5.74, 6) is 0.123. The lowest BCUT2D eigenvalue weighted by molar-refractivity contribution is 0.0142. The summed E-state index contributed by atoms with van der Waals surface area (Å²) < 4.78 is 5.51. The van der Waals surface area contributed by atoms with E-state index in [-0.39, 0.29) is 36.6 Å². The molecule has 2 aliphatic rings. The number of aliphatic hydroxyl groups excluding tert-OH is 1. The van der Waals surface area contributed by atoms with E-state index in [4.69, 9.17) is 4.74 Å². The van der Waals surface area contributed by atoms with Crippen LogP contribution in [0.15, 0.2) is 60.9 Å². The van der Waals surface area contributed by atoms with Gasteiger partial charge >= 0.3 is 6.09 Å². The number of carbonyl (C=O) groups excluding carboxylic acids is 3. The molecular weight excluding hydrogens is 534 g/mol. The van der Waals surface area contributed by atoms with E-state index < -0.39 is 5.60 Å². The zero-order chi connectivity index (χ0) is 29.9. The van der Waals surface area contributed by atoms with Crippen LogP contribution in [0.25, 0.3) is 11.4 Å². The predicted octanol–water partition coefficient (Wildman–Crippen LogP) is 4.89. The molecule has 3 aromatic rings. The van der Waals surface area contributed by atoms with Crippen molar-refractivity contribution in [3.8, 4) is 11.4 Å². The Morgan fingerprint density at radius 1 is 0.905 bits per heavy atom. The normalized spacial score (nSPS) is 15.7. The second kappa shape index (κ2) is 12.3. The van der Waals surface area contributed by atoms with Crippen LogP contribution in [0.4, 0.5) is 10.5 Å². The summed E-state index contributed by atoms with van der Waals surface area (Å²) in [6.07, 6.45) is 6.17. The van der Waals surface area contributed by atoms with Crippen LogP contribution in [0, 0.1) is 0 Å². The van der Waals surface area contributed by atoms with Crippen molar-refractivity contribution < 1.29 is 24.2 Å². The molecule has 42 heavy (non-hydrogen) atoms. The number of benzene rings is 2. The molecule has 3 amide bonds. The van der Waals surface area contributed by atoms with Gasteiger partial charge in [0.2, 0.25) is 0 Å². The molecule has 0 atom stereocenters. The van der Waals surface area contributed by atoms with Crippen molar-refractivity contribution in [3.05, 3.63) is 77.6 Å². The van der Waals surface area contributed by atoms with E-state index in [1.807, 2.05) is 25.7 Å². The van der Waals surface area contributed by atoms with E-state index in [9.17, 15) is 19.5 Å². The SMILES string of the molecule is CC(C)(C)OC(=O)N1CCC(N(C(=O)c2cnc(-c3ccc(C(=O)Nc4ccc(CO)cc4)cc3)nc2)C2CC2)CC1. The predicted molar refractivity (Wildman–Crippen MR) is 158 cm³/mol. The summed E-state index contributed by atoms with van der Waals surface area (Å²) in [4.78, 5) is 51.3. The largest absolute Gasteiger partial charge is 0.444 e. The highest BCUT2D eigenvalue weighted by Crippen LogP contribution is 2.33. The molecule has 0 radical (unpaired) electrons. The van der Waals surface area contributed by atoms with E-state index >= 15 is 0 Å². The Morgan fingerprint density at radius 3 is 2.05 bits per heavy atom. The number of aliphatic hydroxyl groups is 1. The minimum atomic E-state index is -0.540. The van der Waals surface area contributed by atoms with Crippen molar-refractivity contribution in [1.29, 1.82) is 0 Å². The van der Waals surface area contributed by atoms with E-state index in [1.165, 1.54) is 0 Å². The summed E-state index contributed by atoms with van der Waals surface area (Å²) in [6, 6.07) is 14.2. The summed E-state index contributed by atoms with van der Waals surface area (Å²) in [6.45, 7) is 6.62. The second-order valence-corrected chi connectivity index (χ2v) is 11.8. The molecule has 1 aliphatic heterocycles. The topological polar surface area (TPSA) is 125 Å². The first kappa shape index (κ1) is 29.2. The molecule has 0 unspecified atom stereocenters. The molecular formula is C32H37N5O5. The molecule has 1 saturated heterocycles. The molecule has 0 bridgehead atoms. The van der Waals surface area contributed by atoms with Gasteiger partial charge in [-0.15, -0.1) is 0 Å². The molecule has 220 valence electrons. The zero-order valence-electron chi connectivity index (χ0n) is 24.2. The number of aromatic nitrogens is 2. The fourth-order valence-electron chi connectivity index (χ4n) is 5.04. The maximum absolute atomic E-state index is 13.6. The van der Waals surface area contributed by atoms with Crippen LogP contribution in [0.1, 0.15) is 72.7 Å². The van der Waals surface area contributed by atoms with Crippen molar-refractivity contribution >= 4 is 23.6 Å². The van der Waals surface area contributed by atoms with Crippen LogP contribution in [-0.2, 0) is 11.3 Å². The van der Waals surface area contributed by atoms with Crippen LogP contribution in [0.5, 0.6) is 0 Å². The number of rotatable bonds is 7. The Balaban J connectivity index is 1.20. The molecule has 2 fully saturated rings. The summed E-state index contributed by atoms with van der Waals surface area (Å²) in [7, 11) is 0. The maximum atomic E-state index is 13.6. The number of nitrogens with one attached hydrogen (secondary N) is 1.